The van der Waals surface area contributed by atoms with Gasteiger partial charge in [0.05, 0.1) is 5.56 Å². The molecule has 84 valence electrons. The zero-order valence-corrected chi connectivity index (χ0v) is 8.44. The molecule has 3 aromatic rings. The van der Waals surface area contributed by atoms with E-state index in [1.807, 2.05) is 0 Å². The third-order valence-corrected chi connectivity index (χ3v) is 2.06. The van der Waals surface area contributed by atoms with E-state index in [2.05, 4.69) is 30.1 Å². The maximum atomic E-state index is 5.52. The predicted octanol–water partition coefficient (Wildman–Crippen LogP) is 0.764. The smallest absolute Gasteiger partial charge is 0.259 e. The summed E-state index contributed by atoms with van der Waals surface area (Å²) >= 11 is 0. The lowest BCUT2D eigenvalue weighted by molar-refractivity contribution is 0.310. The first-order valence-corrected chi connectivity index (χ1v) is 4.67. The van der Waals surface area contributed by atoms with Crippen LogP contribution in [0, 0.1) is 0 Å². The normalized spacial score (nSPS) is 10.6. The van der Waals surface area contributed by atoms with Crippen molar-refractivity contribution in [1.82, 2.24) is 25.4 Å². The average molecular weight is 230 g/mol. The van der Waals surface area contributed by atoms with E-state index in [-0.39, 0.29) is 17.3 Å². The Bertz CT molecular complexity index is 632. The van der Waals surface area contributed by atoms with Crippen LogP contribution in [0.4, 0.5) is 5.82 Å². The van der Waals surface area contributed by atoms with Crippen LogP contribution in [0.3, 0.4) is 0 Å². The molecule has 3 aromatic heterocycles. The van der Waals surface area contributed by atoms with Crippen molar-refractivity contribution in [3.63, 3.8) is 0 Å². The number of nitrogen functional groups attached to an aromatic ring is 1. The Kier molecular flexibility index (Phi) is 2.04. The van der Waals surface area contributed by atoms with Crippen molar-refractivity contribution < 1.29 is 9.15 Å². The molecule has 0 atom stereocenters. The van der Waals surface area contributed by atoms with Crippen LogP contribution in [0.2, 0.25) is 0 Å². The topological polar surface area (TPSA) is 117 Å². The van der Waals surface area contributed by atoms with E-state index in [9.17, 15) is 0 Å². The lowest BCUT2D eigenvalue weighted by Crippen LogP contribution is -1.89. The molecule has 0 aromatic carbocycles. The van der Waals surface area contributed by atoms with Crippen LogP contribution >= 0.6 is 0 Å². The van der Waals surface area contributed by atoms with E-state index in [1.54, 1.807) is 24.5 Å². The van der Waals surface area contributed by atoms with Crippen molar-refractivity contribution in [3.05, 3.63) is 24.5 Å². The molecule has 0 radical (unpaired) electrons. The second kappa shape index (κ2) is 3.67. The highest BCUT2D eigenvalue weighted by molar-refractivity contribution is 5.63. The minimum Gasteiger partial charge on any atom is -0.379 e. The average Bonchev–Trinajstić information content (AvgIpc) is 2.98. The molecule has 0 aliphatic carbocycles. The fraction of sp³-hybridized carbons (Fsp3) is 0. The largest absolute Gasteiger partial charge is 0.379 e. The van der Waals surface area contributed by atoms with Gasteiger partial charge < -0.3 is 10.3 Å². The molecule has 0 fully saturated rings. The van der Waals surface area contributed by atoms with E-state index in [1.165, 1.54) is 0 Å². The first-order chi connectivity index (χ1) is 8.34. The van der Waals surface area contributed by atoms with Gasteiger partial charge in [-0.1, -0.05) is 5.16 Å². The maximum absolute atomic E-state index is 5.52. The van der Waals surface area contributed by atoms with Crippen molar-refractivity contribution >= 4 is 5.82 Å². The number of hydrogen-bond donors (Lipinski definition) is 1. The molecule has 0 saturated heterocycles. The Labute approximate surface area is 94.4 Å². The van der Waals surface area contributed by atoms with Crippen molar-refractivity contribution in [3.8, 4) is 23.0 Å². The summed E-state index contributed by atoms with van der Waals surface area (Å²) in [6.07, 6.45) is 3.27. The third kappa shape index (κ3) is 1.61. The minimum atomic E-state index is 0.114. The molecule has 0 spiro atoms. The number of pyridine rings is 1. The molecule has 8 nitrogen and oxygen atoms in total. The van der Waals surface area contributed by atoms with Crippen LogP contribution in [-0.4, -0.2) is 25.4 Å². The van der Waals surface area contributed by atoms with Gasteiger partial charge in [-0.25, -0.2) is 4.63 Å². The van der Waals surface area contributed by atoms with Gasteiger partial charge in [-0.3, -0.25) is 4.98 Å². The molecule has 17 heavy (non-hydrogen) atoms. The van der Waals surface area contributed by atoms with Gasteiger partial charge in [0, 0.05) is 12.4 Å². The molecule has 2 N–H and O–H groups in total. The standard InChI is InChI=1S/C9H6N6O2/c10-7-6(13-17-14-7)8-12-9(16-15-8)5-2-1-3-11-4-5/h1-4H,(H2,10,14). The van der Waals surface area contributed by atoms with Crippen molar-refractivity contribution in [2.75, 3.05) is 5.73 Å². The Morgan fingerprint density at radius 1 is 1.18 bits per heavy atom. The second-order valence-corrected chi connectivity index (χ2v) is 3.16. The fourth-order valence-electron chi connectivity index (χ4n) is 1.28. The lowest BCUT2D eigenvalue weighted by atomic mass is 10.3. The van der Waals surface area contributed by atoms with Crippen LogP contribution in [0.5, 0.6) is 0 Å². The van der Waals surface area contributed by atoms with E-state index >= 15 is 0 Å². The highest BCUT2D eigenvalue weighted by atomic mass is 16.6. The Hall–Kier alpha value is -2.77. The summed E-state index contributed by atoms with van der Waals surface area (Å²) in [7, 11) is 0. The minimum absolute atomic E-state index is 0.114. The summed E-state index contributed by atoms with van der Waals surface area (Å²) in [6, 6.07) is 3.57. The fourth-order valence-corrected chi connectivity index (χ4v) is 1.28. The van der Waals surface area contributed by atoms with Gasteiger partial charge in [0.15, 0.2) is 11.5 Å². The molecule has 0 aliphatic rings. The molecule has 0 saturated carbocycles. The number of anilines is 1. The zero-order chi connectivity index (χ0) is 11.7. The summed E-state index contributed by atoms with van der Waals surface area (Å²) < 4.78 is 9.52. The monoisotopic (exact) mass is 230 g/mol. The first-order valence-electron chi connectivity index (χ1n) is 4.67. The van der Waals surface area contributed by atoms with Gasteiger partial charge in [0.25, 0.3) is 5.89 Å². The first kappa shape index (κ1) is 9.46. The molecule has 0 unspecified atom stereocenters. The van der Waals surface area contributed by atoms with Crippen LogP contribution < -0.4 is 5.73 Å². The zero-order valence-electron chi connectivity index (χ0n) is 8.44. The van der Waals surface area contributed by atoms with Crippen molar-refractivity contribution in [2.24, 2.45) is 0 Å². The molecular formula is C9H6N6O2. The number of hydrogen-bond acceptors (Lipinski definition) is 8. The Balaban J connectivity index is 2.02. The summed E-state index contributed by atoms with van der Waals surface area (Å²) in [6.45, 7) is 0. The van der Waals surface area contributed by atoms with Gasteiger partial charge in [0.1, 0.15) is 0 Å². The van der Waals surface area contributed by atoms with Gasteiger partial charge in [-0.15, -0.1) is 0 Å². The number of rotatable bonds is 2. The quantitative estimate of drug-likeness (QED) is 0.685. The number of aromatic nitrogens is 5. The van der Waals surface area contributed by atoms with Gasteiger partial charge >= 0.3 is 0 Å². The highest BCUT2D eigenvalue weighted by Gasteiger charge is 2.17. The van der Waals surface area contributed by atoms with Crippen molar-refractivity contribution in [2.45, 2.75) is 0 Å². The summed E-state index contributed by atoms with van der Waals surface area (Å²) in [5.41, 5.74) is 6.48. The summed E-state index contributed by atoms with van der Waals surface area (Å²) in [4.78, 5) is 8.08. The molecule has 0 bridgehead atoms. The van der Waals surface area contributed by atoms with Crippen molar-refractivity contribution in [1.29, 1.82) is 0 Å². The SMILES string of the molecule is Nc1nonc1-c1noc(-c2cccnc2)n1. The second-order valence-electron chi connectivity index (χ2n) is 3.16. The number of nitrogens with two attached hydrogens (primary N) is 1. The Morgan fingerprint density at radius 2 is 2.12 bits per heavy atom. The van der Waals surface area contributed by atoms with Crippen LogP contribution in [-0.2, 0) is 0 Å². The maximum Gasteiger partial charge on any atom is 0.259 e. The molecule has 0 aliphatic heterocycles. The van der Waals surface area contributed by atoms with Crippen LogP contribution in [0.15, 0.2) is 33.7 Å². The van der Waals surface area contributed by atoms with Gasteiger partial charge in [-0.05, 0) is 22.4 Å². The third-order valence-electron chi connectivity index (χ3n) is 2.06. The molecular weight excluding hydrogens is 224 g/mol. The van der Waals surface area contributed by atoms with Crippen LogP contribution in [0.25, 0.3) is 23.0 Å². The lowest BCUT2D eigenvalue weighted by Gasteiger charge is -1.89. The highest BCUT2D eigenvalue weighted by Crippen LogP contribution is 2.22. The summed E-state index contributed by atoms with van der Waals surface area (Å²) in [5.74, 6) is 0.668. The summed E-state index contributed by atoms with van der Waals surface area (Å²) in [5, 5.41) is 10.8. The Morgan fingerprint density at radius 3 is 2.82 bits per heavy atom. The molecule has 0 amide bonds. The van der Waals surface area contributed by atoms with E-state index in [0.29, 0.717) is 11.5 Å². The van der Waals surface area contributed by atoms with Gasteiger partial charge in [0.2, 0.25) is 5.82 Å². The molecule has 3 heterocycles. The van der Waals surface area contributed by atoms with Crippen LogP contribution in [0.1, 0.15) is 0 Å². The number of nitrogens with zero attached hydrogens (tertiary/aromatic N) is 5. The van der Waals surface area contributed by atoms with E-state index in [0.717, 1.165) is 0 Å². The van der Waals surface area contributed by atoms with E-state index in [4.69, 9.17) is 10.3 Å². The molecule has 8 heteroatoms. The van der Waals surface area contributed by atoms with E-state index < -0.39 is 0 Å². The molecule has 3 rings (SSSR count). The predicted molar refractivity (Wildman–Crippen MR) is 55.2 cm³/mol. The van der Waals surface area contributed by atoms with Gasteiger partial charge in [-0.2, -0.15) is 4.98 Å².